The van der Waals surface area contributed by atoms with Gasteiger partial charge in [-0.3, -0.25) is 4.79 Å². The highest BCUT2D eigenvalue weighted by Gasteiger charge is 2.44. The lowest BCUT2D eigenvalue weighted by Gasteiger charge is -2.39. The van der Waals surface area contributed by atoms with Crippen molar-refractivity contribution in [1.82, 2.24) is 5.32 Å². The molecule has 1 amide bonds. The number of hydrogen-bond donors (Lipinski definition) is 6. The number of carboxylic acids is 1. The van der Waals surface area contributed by atoms with Crippen LogP contribution >= 0.6 is 0 Å². The van der Waals surface area contributed by atoms with E-state index in [-0.39, 0.29) is 12.0 Å². The van der Waals surface area contributed by atoms with Crippen molar-refractivity contribution in [2.45, 2.75) is 43.2 Å². The Morgan fingerprint density at radius 3 is 2.18 bits per heavy atom. The van der Waals surface area contributed by atoms with Crippen LogP contribution in [0.2, 0.25) is 0 Å². The summed E-state index contributed by atoms with van der Waals surface area (Å²) in [5.41, 5.74) is 2.29. The van der Waals surface area contributed by atoms with Crippen LogP contribution in [0.3, 0.4) is 0 Å². The molecule has 1 saturated heterocycles. The van der Waals surface area contributed by atoms with Gasteiger partial charge in [-0.2, -0.15) is 0 Å². The van der Waals surface area contributed by atoms with Gasteiger partial charge in [-0.05, 0) is 29.3 Å². The van der Waals surface area contributed by atoms with Crippen molar-refractivity contribution in [3.05, 3.63) is 90.0 Å². The number of para-hydroxylation sites is 1. The second-order valence-electron chi connectivity index (χ2n) is 8.94. The number of hydrogen-bond acceptors (Lipinski definition) is 8. The average molecular weight is 524 g/mol. The monoisotopic (exact) mass is 523 g/mol. The molecule has 1 aliphatic rings. The Bertz CT molecular complexity index is 1230. The highest BCUT2D eigenvalue weighted by atomic mass is 16.7. The largest absolute Gasteiger partial charge is 0.480 e. The Morgan fingerprint density at radius 1 is 0.868 bits per heavy atom. The summed E-state index contributed by atoms with van der Waals surface area (Å²) in [5, 5.41) is 51.9. The molecule has 1 aliphatic heterocycles. The number of aliphatic hydroxyl groups excluding tert-OH is 4. The van der Waals surface area contributed by atoms with Gasteiger partial charge in [-0.15, -0.1) is 0 Å². The first-order valence-corrected chi connectivity index (χ1v) is 12.0. The number of carboxylic acid groups (broad SMARTS) is 1. The Kier molecular flexibility index (Phi) is 8.72. The summed E-state index contributed by atoms with van der Waals surface area (Å²) in [5.74, 6) is -1.38. The van der Waals surface area contributed by atoms with E-state index in [9.17, 15) is 35.1 Å². The zero-order chi connectivity index (χ0) is 27.2. The Balaban J connectivity index is 1.48. The van der Waals surface area contributed by atoms with E-state index in [0.29, 0.717) is 16.9 Å². The van der Waals surface area contributed by atoms with E-state index in [1.807, 2.05) is 6.07 Å². The molecule has 38 heavy (non-hydrogen) atoms. The van der Waals surface area contributed by atoms with Crippen molar-refractivity contribution < 1.29 is 44.6 Å². The number of benzene rings is 3. The van der Waals surface area contributed by atoms with Crippen LogP contribution < -0.4 is 10.1 Å². The topological polar surface area (TPSA) is 166 Å². The van der Waals surface area contributed by atoms with Gasteiger partial charge in [0.15, 0.2) is 0 Å². The Hall–Kier alpha value is -3.80. The molecule has 6 atom stereocenters. The molecule has 10 nitrogen and oxygen atoms in total. The molecule has 3 aromatic rings. The fourth-order valence-electron chi connectivity index (χ4n) is 4.19. The number of carbonyl (C=O) groups is 2. The number of aliphatic carboxylic acids is 1. The van der Waals surface area contributed by atoms with E-state index >= 15 is 0 Å². The van der Waals surface area contributed by atoms with Crippen LogP contribution in [0.25, 0.3) is 11.1 Å². The van der Waals surface area contributed by atoms with E-state index in [2.05, 4.69) is 5.32 Å². The summed E-state index contributed by atoms with van der Waals surface area (Å²) in [6.07, 6.45) is -6.97. The van der Waals surface area contributed by atoms with Gasteiger partial charge < -0.3 is 40.3 Å². The Labute approximate surface area is 218 Å². The second kappa shape index (κ2) is 12.2. The molecule has 0 spiro atoms. The summed E-state index contributed by atoms with van der Waals surface area (Å²) in [7, 11) is 0. The summed E-state index contributed by atoms with van der Waals surface area (Å²) >= 11 is 0. The maximum absolute atomic E-state index is 12.8. The van der Waals surface area contributed by atoms with Crippen molar-refractivity contribution >= 4 is 11.9 Å². The molecule has 1 fully saturated rings. The minimum absolute atomic E-state index is 0.142. The molecule has 0 aromatic heterocycles. The van der Waals surface area contributed by atoms with Crippen molar-refractivity contribution in [2.75, 3.05) is 6.61 Å². The molecular weight excluding hydrogens is 494 g/mol. The third kappa shape index (κ3) is 6.18. The summed E-state index contributed by atoms with van der Waals surface area (Å²) < 4.78 is 11.3. The maximum Gasteiger partial charge on any atom is 0.326 e. The maximum atomic E-state index is 12.8. The van der Waals surface area contributed by atoms with E-state index < -0.39 is 55.2 Å². The lowest BCUT2D eigenvalue weighted by molar-refractivity contribution is -0.277. The van der Waals surface area contributed by atoms with Crippen molar-refractivity contribution in [3.8, 4) is 16.9 Å². The molecule has 200 valence electrons. The van der Waals surface area contributed by atoms with Gasteiger partial charge in [-0.25, -0.2) is 4.79 Å². The third-order valence-electron chi connectivity index (χ3n) is 6.32. The molecule has 0 bridgehead atoms. The van der Waals surface area contributed by atoms with E-state index in [0.717, 1.165) is 5.56 Å². The smallest absolute Gasteiger partial charge is 0.326 e. The van der Waals surface area contributed by atoms with Gasteiger partial charge in [0.1, 0.15) is 36.2 Å². The third-order valence-corrected chi connectivity index (χ3v) is 6.32. The quantitative estimate of drug-likeness (QED) is 0.240. The molecule has 0 unspecified atom stereocenters. The van der Waals surface area contributed by atoms with Crippen LogP contribution in [0.1, 0.15) is 15.9 Å². The van der Waals surface area contributed by atoms with Crippen LogP contribution in [0.5, 0.6) is 5.75 Å². The van der Waals surface area contributed by atoms with Crippen LogP contribution in [0.15, 0.2) is 78.9 Å². The number of ether oxygens (including phenoxy) is 2. The minimum Gasteiger partial charge on any atom is -0.480 e. The number of carbonyl (C=O) groups excluding carboxylic acids is 1. The lowest BCUT2D eigenvalue weighted by atomic mass is 9.99. The standard InChI is InChI=1S/C28H29NO9/c30-15-22-23(31)24(32)25(33)28(38-22)37-21-9-5-4-8-19(21)17-10-12-18(13-11-17)26(34)29-20(27(35)36)14-16-6-2-1-3-7-16/h1-13,20,22-25,28,30-33H,14-15H2,(H,29,34)(H,35,36)/t20-,22+,23+,24-,25-,28-/m0/s1. The fraction of sp³-hybridized carbons (Fsp3) is 0.286. The SMILES string of the molecule is O=C(N[C@@H](Cc1ccccc1)C(=O)O)c1ccc(-c2ccccc2O[C@H]2O[C@H](CO)[C@@H](O)[C@H](O)[C@@H]2O)cc1. The molecule has 6 N–H and O–H groups in total. The highest BCUT2D eigenvalue weighted by Crippen LogP contribution is 2.33. The zero-order valence-electron chi connectivity index (χ0n) is 20.3. The summed E-state index contributed by atoms with van der Waals surface area (Å²) in [6.45, 7) is -0.579. The molecule has 10 heteroatoms. The predicted molar refractivity (Wildman–Crippen MR) is 135 cm³/mol. The summed E-state index contributed by atoms with van der Waals surface area (Å²) in [6, 6.07) is 21.2. The van der Waals surface area contributed by atoms with Crippen molar-refractivity contribution in [1.29, 1.82) is 0 Å². The van der Waals surface area contributed by atoms with Crippen LogP contribution in [-0.4, -0.2) is 80.8 Å². The zero-order valence-corrected chi connectivity index (χ0v) is 20.3. The number of aliphatic hydroxyl groups is 4. The molecule has 3 aromatic carbocycles. The van der Waals surface area contributed by atoms with Gasteiger partial charge >= 0.3 is 5.97 Å². The highest BCUT2D eigenvalue weighted by molar-refractivity contribution is 5.97. The first-order chi connectivity index (χ1) is 18.3. The molecule has 0 radical (unpaired) electrons. The van der Waals surface area contributed by atoms with Gasteiger partial charge in [0.05, 0.1) is 6.61 Å². The first kappa shape index (κ1) is 27.2. The van der Waals surface area contributed by atoms with Gasteiger partial charge in [0, 0.05) is 17.5 Å². The van der Waals surface area contributed by atoms with Crippen LogP contribution in [0, 0.1) is 0 Å². The number of rotatable bonds is 9. The molecule has 4 rings (SSSR count). The first-order valence-electron chi connectivity index (χ1n) is 12.0. The normalized spacial score (nSPS) is 23.8. The van der Waals surface area contributed by atoms with E-state index in [1.54, 1.807) is 72.8 Å². The van der Waals surface area contributed by atoms with E-state index in [1.165, 1.54) is 0 Å². The van der Waals surface area contributed by atoms with Gasteiger partial charge in [0.25, 0.3) is 5.91 Å². The fourth-order valence-corrected chi connectivity index (χ4v) is 4.19. The Morgan fingerprint density at radius 2 is 1.53 bits per heavy atom. The van der Waals surface area contributed by atoms with Gasteiger partial charge in [0.2, 0.25) is 6.29 Å². The second-order valence-corrected chi connectivity index (χ2v) is 8.94. The van der Waals surface area contributed by atoms with E-state index in [4.69, 9.17) is 9.47 Å². The molecule has 1 heterocycles. The van der Waals surface area contributed by atoms with Gasteiger partial charge in [-0.1, -0.05) is 60.7 Å². The van der Waals surface area contributed by atoms with Crippen molar-refractivity contribution in [3.63, 3.8) is 0 Å². The molecular formula is C28H29NO9. The number of amides is 1. The minimum atomic E-state index is -1.58. The predicted octanol–water partition coefficient (Wildman–Crippen LogP) is 0.958. The number of nitrogens with one attached hydrogen (secondary N) is 1. The molecule has 0 saturated carbocycles. The van der Waals surface area contributed by atoms with Crippen LogP contribution in [0.4, 0.5) is 0 Å². The average Bonchev–Trinajstić information content (AvgIpc) is 2.94. The lowest BCUT2D eigenvalue weighted by Crippen LogP contribution is -2.60. The molecule has 0 aliphatic carbocycles. The van der Waals surface area contributed by atoms with Crippen LogP contribution in [-0.2, 0) is 16.0 Å². The summed E-state index contributed by atoms with van der Waals surface area (Å²) in [4.78, 5) is 24.5. The van der Waals surface area contributed by atoms with Crippen molar-refractivity contribution in [2.24, 2.45) is 0 Å².